The van der Waals surface area contributed by atoms with E-state index in [1.54, 1.807) is 0 Å². The Kier molecular flexibility index (Phi) is 3.64. The molecule has 0 unspecified atom stereocenters. The molecule has 1 N–H and O–H groups in total. The van der Waals surface area contributed by atoms with Crippen LogP contribution in [0.1, 0.15) is 0 Å². The number of halogens is 1. The number of aldehydes is 1. The van der Waals surface area contributed by atoms with E-state index in [1.807, 2.05) is 0 Å². The fourth-order valence-corrected chi connectivity index (χ4v) is 0.162. The molecule has 4 heteroatoms. The molecule has 0 bridgehead atoms. The van der Waals surface area contributed by atoms with Crippen LogP contribution in [-0.4, -0.2) is 11.5 Å². The van der Waals surface area contributed by atoms with Crippen LogP contribution < -0.4 is 0 Å². The maximum absolute atomic E-state index is 9.59. The van der Waals surface area contributed by atoms with Gasteiger partial charge in [-0.2, -0.15) is 0 Å². The number of hydrogen-bond acceptors (Lipinski definition) is 3. The van der Waals surface area contributed by atoms with E-state index in [1.165, 1.54) is 0 Å². The van der Waals surface area contributed by atoms with Crippen molar-refractivity contribution in [3.8, 4) is 0 Å². The van der Waals surface area contributed by atoms with Crippen LogP contribution in [0.3, 0.4) is 0 Å². The lowest BCUT2D eigenvalue weighted by atomic mass is 10.7. The van der Waals surface area contributed by atoms with Gasteiger partial charge in [-0.1, -0.05) is 0 Å². The Hall–Kier alpha value is -0.350. The summed E-state index contributed by atoms with van der Waals surface area (Å²) in [6, 6.07) is 0. The zero-order chi connectivity index (χ0) is 5.70. The van der Waals surface area contributed by atoms with Crippen LogP contribution in [0, 0.1) is 0 Å². The van der Waals surface area contributed by atoms with Crippen LogP contribution in [0.4, 0.5) is 0 Å². The van der Waals surface area contributed by atoms with Gasteiger partial charge in [0.15, 0.2) is 6.29 Å². The summed E-state index contributed by atoms with van der Waals surface area (Å²) in [4.78, 5) is 13.0. The van der Waals surface area contributed by atoms with Crippen LogP contribution in [0.25, 0.3) is 0 Å². The Morgan fingerprint density at radius 2 is 2.43 bits per heavy atom. The zero-order valence-electron chi connectivity index (χ0n) is 3.30. The molecule has 0 aromatic carbocycles. The van der Waals surface area contributed by atoms with Gasteiger partial charge >= 0.3 is 0 Å². The molecule has 0 heterocycles. The van der Waals surface area contributed by atoms with Gasteiger partial charge < -0.3 is 4.89 Å². The SMILES string of the molecule is O=C/C(Br)=C\OO. The summed E-state index contributed by atoms with van der Waals surface area (Å²) < 4.78 is 0.162. The third-order valence-corrected chi connectivity index (χ3v) is 0.652. The molecule has 0 aromatic rings. The smallest absolute Gasteiger partial charge is 0.160 e. The molecule has 0 rings (SSSR count). The maximum atomic E-state index is 9.59. The summed E-state index contributed by atoms with van der Waals surface area (Å²) in [7, 11) is 0. The van der Waals surface area contributed by atoms with Gasteiger partial charge in [-0.25, -0.2) is 5.26 Å². The minimum atomic E-state index is 0.162. The molecule has 0 spiro atoms. The van der Waals surface area contributed by atoms with Crippen molar-refractivity contribution in [1.82, 2.24) is 0 Å². The molecule has 0 atom stereocenters. The van der Waals surface area contributed by atoms with E-state index in [0.29, 0.717) is 6.29 Å². The highest BCUT2D eigenvalue weighted by Gasteiger charge is 1.81. The number of carbonyl (C=O) groups is 1. The lowest BCUT2D eigenvalue weighted by molar-refractivity contribution is -0.187. The maximum Gasteiger partial charge on any atom is 0.160 e. The van der Waals surface area contributed by atoms with E-state index >= 15 is 0 Å². The third-order valence-electron chi connectivity index (χ3n) is 0.278. The Labute approximate surface area is 48.6 Å². The number of carbonyl (C=O) groups excluding carboxylic acids is 1. The number of rotatable bonds is 2. The lowest BCUT2D eigenvalue weighted by Crippen LogP contribution is -1.72. The largest absolute Gasteiger partial charge is 0.347 e. The first-order valence-corrected chi connectivity index (χ1v) is 2.21. The number of hydrogen-bond donors (Lipinski definition) is 1. The molecule has 40 valence electrons. The Bertz CT molecular complexity index is 88.2. The van der Waals surface area contributed by atoms with Gasteiger partial charge in [0.1, 0.15) is 6.26 Å². The molecule has 0 aliphatic rings. The topological polar surface area (TPSA) is 46.5 Å². The second kappa shape index (κ2) is 3.83. The van der Waals surface area contributed by atoms with E-state index in [0.717, 1.165) is 6.26 Å². The molecular weight excluding hydrogens is 164 g/mol. The van der Waals surface area contributed by atoms with Crippen LogP contribution in [-0.2, 0) is 9.68 Å². The van der Waals surface area contributed by atoms with Crippen molar-refractivity contribution in [1.29, 1.82) is 0 Å². The third kappa shape index (κ3) is 3.48. The van der Waals surface area contributed by atoms with Crippen molar-refractivity contribution in [2.45, 2.75) is 0 Å². The van der Waals surface area contributed by atoms with Crippen LogP contribution in [0.15, 0.2) is 10.7 Å². The Balaban J connectivity index is 3.49. The van der Waals surface area contributed by atoms with E-state index in [-0.39, 0.29) is 4.48 Å². The van der Waals surface area contributed by atoms with Crippen molar-refractivity contribution >= 4 is 22.2 Å². The molecule has 0 saturated heterocycles. The van der Waals surface area contributed by atoms with Crippen molar-refractivity contribution in [3.05, 3.63) is 10.7 Å². The normalized spacial score (nSPS) is 10.9. The van der Waals surface area contributed by atoms with Gasteiger partial charge in [0, 0.05) is 0 Å². The molecule has 0 radical (unpaired) electrons. The van der Waals surface area contributed by atoms with Gasteiger partial charge in [-0.3, -0.25) is 4.79 Å². The number of allylic oxidation sites excluding steroid dienone is 1. The fraction of sp³-hybridized carbons (Fsp3) is 0. The highest BCUT2D eigenvalue weighted by Crippen LogP contribution is 1.97. The van der Waals surface area contributed by atoms with Crippen LogP contribution >= 0.6 is 15.9 Å². The van der Waals surface area contributed by atoms with E-state index in [4.69, 9.17) is 5.26 Å². The van der Waals surface area contributed by atoms with Gasteiger partial charge in [0.25, 0.3) is 0 Å². The van der Waals surface area contributed by atoms with Crippen molar-refractivity contribution in [2.75, 3.05) is 0 Å². The van der Waals surface area contributed by atoms with Crippen molar-refractivity contribution < 1.29 is 14.9 Å². The molecule has 0 fully saturated rings. The summed E-state index contributed by atoms with van der Waals surface area (Å²) in [5.41, 5.74) is 0. The second-order valence-corrected chi connectivity index (χ2v) is 1.64. The first-order valence-electron chi connectivity index (χ1n) is 1.42. The summed E-state index contributed by atoms with van der Waals surface area (Å²) in [5, 5.41) is 7.60. The second-order valence-electron chi connectivity index (χ2n) is 0.726. The molecule has 0 aliphatic heterocycles. The average Bonchev–Trinajstić information content (AvgIpc) is 1.68. The zero-order valence-corrected chi connectivity index (χ0v) is 4.88. The molecule has 0 saturated carbocycles. The molecule has 0 amide bonds. The fourth-order valence-electron chi connectivity index (χ4n) is 0.0781. The van der Waals surface area contributed by atoms with E-state index in [9.17, 15) is 4.79 Å². The van der Waals surface area contributed by atoms with Gasteiger partial charge in [0.05, 0.1) is 4.48 Å². The minimum Gasteiger partial charge on any atom is -0.347 e. The van der Waals surface area contributed by atoms with Crippen molar-refractivity contribution in [2.24, 2.45) is 0 Å². The van der Waals surface area contributed by atoms with Gasteiger partial charge in [0.2, 0.25) is 0 Å². The molecular formula is C3H3BrO3. The lowest BCUT2D eigenvalue weighted by Gasteiger charge is -1.79. The quantitative estimate of drug-likeness (QED) is 0.218. The summed E-state index contributed by atoms with van der Waals surface area (Å²) in [5.74, 6) is 0. The molecule has 0 aliphatic carbocycles. The summed E-state index contributed by atoms with van der Waals surface area (Å²) in [6.07, 6.45) is 1.36. The average molecular weight is 167 g/mol. The van der Waals surface area contributed by atoms with E-state index < -0.39 is 0 Å². The molecule has 3 nitrogen and oxygen atoms in total. The summed E-state index contributed by atoms with van der Waals surface area (Å²) >= 11 is 2.74. The van der Waals surface area contributed by atoms with Crippen molar-refractivity contribution in [3.63, 3.8) is 0 Å². The standard InChI is InChI=1S/C3H3BrO3/c4-3(1-5)2-7-6/h1-2,6H/b3-2+. The minimum absolute atomic E-state index is 0.162. The predicted octanol–water partition coefficient (Wildman–Crippen LogP) is 0.911. The predicted molar refractivity (Wildman–Crippen MR) is 26.8 cm³/mol. The first kappa shape index (κ1) is 6.65. The highest BCUT2D eigenvalue weighted by atomic mass is 79.9. The van der Waals surface area contributed by atoms with Gasteiger partial charge in [-0.05, 0) is 15.9 Å². The Morgan fingerprint density at radius 3 is 2.57 bits per heavy atom. The van der Waals surface area contributed by atoms with Crippen LogP contribution in [0.5, 0.6) is 0 Å². The van der Waals surface area contributed by atoms with E-state index in [2.05, 4.69) is 20.8 Å². The Morgan fingerprint density at radius 1 is 1.86 bits per heavy atom. The summed E-state index contributed by atoms with van der Waals surface area (Å²) in [6.45, 7) is 0. The van der Waals surface area contributed by atoms with Crippen LogP contribution in [0.2, 0.25) is 0 Å². The highest BCUT2D eigenvalue weighted by molar-refractivity contribution is 9.12. The van der Waals surface area contributed by atoms with Gasteiger partial charge in [-0.15, -0.1) is 0 Å². The monoisotopic (exact) mass is 166 g/mol. The first-order chi connectivity index (χ1) is 3.31. The molecule has 0 aromatic heterocycles. The molecule has 7 heavy (non-hydrogen) atoms.